The van der Waals surface area contributed by atoms with Crippen LogP contribution in [-0.4, -0.2) is 34.2 Å². The Hall–Kier alpha value is -1.08. The number of ether oxygens (including phenoxy) is 1. The summed E-state index contributed by atoms with van der Waals surface area (Å²) in [4.78, 5) is 25.7. The van der Waals surface area contributed by atoms with E-state index >= 15 is 0 Å². The molecule has 0 bridgehead atoms. The Labute approximate surface area is 147 Å². The first-order chi connectivity index (χ1) is 10.3. The lowest BCUT2D eigenvalue weighted by Gasteiger charge is -2.20. The van der Waals surface area contributed by atoms with Gasteiger partial charge in [-0.15, -0.1) is 0 Å². The van der Waals surface area contributed by atoms with Crippen molar-refractivity contribution in [3.63, 3.8) is 0 Å². The molecular formula is C14H11Cl2NO3S2. The molecule has 1 aliphatic rings. The van der Waals surface area contributed by atoms with E-state index < -0.39 is 12.0 Å². The molecule has 1 aliphatic heterocycles. The van der Waals surface area contributed by atoms with E-state index in [1.165, 1.54) is 12.0 Å². The van der Waals surface area contributed by atoms with Crippen molar-refractivity contribution >= 4 is 69.5 Å². The Morgan fingerprint density at radius 1 is 1.41 bits per heavy atom. The molecule has 0 aromatic heterocycles. The maximum absolute atomic E-state index is 12.4. The summed E-state index contributed by atoms with van der Waals surface area (Å²) >= 11 is 18.1. The van der Waals surface area contributed by atoms with Crippen LogP contribution in [0.25, 0.3) is 6.08 Å². The maximum atomic E-state index is 12.4. The molecule has 1 fully saturated rings. The topological polar surface area (TPSA) is 46.6 Å². The Bertz CT molecular complexity index is 691. The minimum Gasteiger partial charge on any atom is -0.467 e. The average molecular weight is 376 g/mol. The average Bonchev–Trinajstić information content (AvgIpc) is 2.75. The van der Waals surface area contributed by atoms with Gasteiger partial charge in [0, 0.05) is 0 Å². The summed E-state index contributed by atoms with van der Waals surface area (Å²) in [5, 5.41) is 0.833. The highest BCUT2D eigenvalue weighted by Gasteiger charge is 2.38. The fraction of sp³-hybridized carbons (Fsp3) is 0.214. The molecule has 0 radical (unpaired) electrons. The van der Waals surface area contributed by atoms with Crippen LogP contribution in [-0.2, 0) is 14.3 Å². The molecule has 1 atom stereocenters. The number of hydrogen-bond donors (Lipinski definition) is 0. The summed E-state index contributed by atoms with van der Waals surface area (Å²) in [6.45, 7) is 1.57. The number of carbonyl (C=O) groups is 2. The lowest BCUT2D eigenvalue weighted by atomic mass is 10.2. The van der Waals surface area contributed by atoms with Gasteiger partial charge in [0.25, 0.3) is 5.91 Å². The monoisotopic (exact) mass is 375 g/mol. The van der Waals surface area contributed by atoms with Crippen molar-refractivity contribution < 1.29 is 14.3 Å². The van der Waals surface area contributed by atoms with Crippen LogP contribution in [0.3, 0.4) is 0 Å². The third-order valence-electron chi connectivity index (χ3n) is 2.99. The smallest absolute Gasteiger partial charge is 0.328 e. The molecule has 0 aliphatic carbocycles. The Balaban J connectivity index is 2.29. The number of carbonyl (C=O) groups excluding carboxylic acids is 2. The van der Waals surface area contributed by atoms with Gasteiger partial charge in [-0.2, -0.15) is 0 Å². The number of halogens is 2. The summed E-state index contributed by atoms with van der Waals surface area (Å²) in [6, 6.07) is 4.27. The van der Waals surface area contributed by atoms with Gasteiger partial charge in [0.05, 0.1) is 22.1 Å². The molecule has 1 saturated heterocycles. The van der Waals surface area contributed by atoms with Crippen LogP contribution in [0.1, 0.15) is 12.5 Å². The molecule has 1 unspecified atom stereocenters. The van der Waals surface area contributed by atoms with E-state index in [0.29, 0.717) is 19.3 Å². The van der Waals surface area contributed by atoms with Crippen molar-refractivity contribution in [2.45, 2.75) is 13.0 Å². The lowest BCUT2D eigenvalue weighted by molar-refractivity contribution is -0.147. The second-order valence-corrected chi connectivity index (χ2v) is 6.91. The molecule has 1 aromatic carbocycles. The minimum absolute atomic E-state index is 0.314. The fourth-order valence-corrected chi connectivity index (χ4v) is 3.57. The van der Waals surface area contributed by atoms with E-state index in [9.17, 15) is 9.59 Å². The highest BCUT2D eigenvalue weighted by atomic mass is 35.5. The summed E-state index contributed by atoms with van der Waals surface area (Å²) in [5.41, 5.74) is 0.723. The number of amides is 1. The van der Waals surface area contributed by atoms with Gasteiger partial charge >= 0.3 is 5.97 Å². The number of rotatable bonds is 3. The van der Waals surface area contributed by atoms with E-state index in [2.05, 4.69) is 4.74 Å². The molecule has 2 rings (SSSR count). The van der Waals surface area contributed by atoms with Gasteiger partial charge in [0.1, 0.15) is 10.4 Å². The van der Waals surface area contributed by atoms with Crippen molar-refractivity contribution in [1.82, 2.24) is 4.90 Å². The Morgan fingerprint density at radius 3 is 2.68 bits per heavy atom. The molecule has 0 N–H and O–H groups in total. The zero-order valence-electron chi connectivity index (χ0n) is 11.6. The number of methoxy groups -OCH3 is 1. The van der Waals surface area contributed by atoms with Gasteiger partial charge in [-0.05, 0) is 30.7 Å². The molecule has 1 amide bonds. The second kappa shape index (κ2) is 7.00. The molecule has 0 spiro atoms. The summed E-state index contributed by atoms with van der Waals surface area (Å²) in [5.74, 6) is -0.856. The van der Waals surface area contributed by atoms with E-state index in [1.807, 2.05) is 0 Å². The maximum Gasteiger partial charge on any atom is 0.328 e. The van der Waals surface area contributed by atoms with E-state index in [0.717, 1.165) is 17.3 Å². The molecule has 4 nitrogen and oxygen atoms in total. The molecule has 116 valence electrons. The van der Waals surface area contributed by atoms with Crippen molar-refractivity contribution in [2.24, 2.45) is 0 Å². The van der Waals surface area contributed by atoms with Crippen molar-refractivity contribution in [1.29, 1.82) is 0 Å². The lowest BCUT2D eigenvalue weighted by Crippen LogP contribution is -2.42. The van der Waals surface area contributed by atoms with Crippen LogP contribution >= 0.6 is 47.2 Å². The summed E-state index contributed by atoms with van der Waals surface area (Å²) < 4.78 is 4.96. The number of esters is 1. The first-order valence-electron chi connectivity index (χ1n) is 6.15. The molecular weight excluding hydrogens is 365 g/mol. The molecule has 22 heavy (non-hydrogen) atoms. The quantitative estimate of drug-likeness (QED) is 0.457. The predicted molar refractivity (Wildman–Crippen MR) is 93.0 cm³/mol. The van der Waals surface area contributed by atoms with Crippen LogP contribution in [0.2, 0.25) is 10.0 Å². The van der Waals surface area contributed by atoms with E-state index in [1.54, 1.807) is 31.2 Å². The second-order valence-electron chi connectivity index (χ2n) is 4.42. The zero-order chi connectivity index (χ0) is 16.4. The van der Waals surface area contributed by atoms with Crippen molar-refractivity contribution in [2.75, 3.05) is 7.11 Å². The van der Waals surface area contributed by atoms with Gasteiger partial charge in [-0.25, -0.2) is 4.79 Å². The number of thiocarbonyl (C=S) groups is 1. The minimum atomic E-state index is -0.766. The molecule has 8 heteroatoms. The van der Waals surface area contributed by atoms with Crippen LogP contribution in [0, 0.1) is 0 Å². The van der Waals surface area contributed by atoms with Gasteiger partial charge in [-0.1, -0.05) is 53.2 Å². The molecule has 1 aromatic rings. The van der Waals surface area contributed by atoms with E-state index in [4.69, 9.17) is 35.4 Å². The Morgan fingerprint density at radius 2 is 2.09 bits per heavy atom. The fourth-order valence-electron chi connectivity index (χ4n) is 1.84. The summed E-state index contributed by atoms with van der Waals surface area (Å²) in [7, 11) is 1.27. The highest BCUT2D eigenvalue weighted by Crippen LogP contribution is 2.34. The standard InChI is InChI=1S/C14H11Cl2NO3S2/c1-7(13(19)20-2)17-12(18)11(22-14(17)21)6-8-3-4-9(15)10(16)5-8/h3-7H,1-2H3. The van der Waals surface area contributed by atoms with Crippen molar-refractivity contribution in [3.05, 3.63) is 38.7 Å². The number of nitrogens with zero attached hydrogens (tertiary/aromatic N) is 1. The number of thioether (sulfide) groups is 1. The van der Waals surface area contributed by atoms with Gasteiger partial charge < -0.3 is 4.74 Å². The number of benzene rings is 1. The first kappa shape index (κ1) is 17.3. The van der Waals surface area contributed by atoms with Crippen molar-refractivity contribution in [3.8, 4) is 0 Å². The Kier molecular flexibility index (Phi) is 5.50. The first-order valence-corrected chi connectivity index (χ1v) is 8.13. The zero-order valence-corrected chi connectivity index (χ0v) is 14.8. The van der Waals surface area contributed by atoms with Crippen LogP contribution in [0.5, 0.6) is 0 Å². The normalized spacial score (nSPS) is 18.0. The van der Waals surface area contributed by atoms with Crippen LogP contribution < -0.4 is 0 Å². The van der Waals surface area contributed by atoms with Gasteiger partial charge in [0.2, 0.25) is 0 Å². The van der Waals surface area contributed by atoms with Crippen LogP contribution in [0.15, 0.2) is 23.1 Å². The third-order valence-corrected chi connectivity index (χ3v) is 5.06. The molecule has 1 heterocycles. The SMILES string of the molecule is COC(=O)C(C)N1C(=O)C(=Cc2ccc(Cl)c(Cl)c2)SC1=S. The molecule has 0 saturated carbocycles. The number of hydrogen-bond acceptors (Lipinski definition) is 5. The largest absolute Gasteiger partial charge is 0.467 e. The third kappa shape index (κ3) is 3.46. The van der Waals surface area contributed by atoms with Crippen LogP contribution in [0.4, 0.5) is 0 Å². The van der Waals surface area contributed by atoms with Gasteiger partial charge in [0.15, 0.2) is 0 Å². The van der Waals surface area contributed by atoms with E-state index in [-0.39, 0.29) is 5.91 Å². The predicted octanol–water partition coefficient (Wildman–Crippen LogP) is 3.76. The highest BCUT2D eigenvalue weighted by molar-refractivity contribution is 8.26. The summed E-state index contributed by atoms with van der Waals surface area (Å²) in [6.07, 6.45) is 1.66. The van der Waals surface area contributed by atoms with Gasteiger partial charge in [-0.3, -0.25) is 9.69 Å².